The summed E-state index contributed by atoms with van der Waals surface area (Å²) in [7, 11) is 0. The van der Waals surface area contributed by atoms with E-state index in [9.17, 15) is 0 Å². The molecule has 0 aliphatic heterocycles. The summed E-state index contributed by atoms with van der Waals surface area (Å²) in [6.45, 7) is 1.31. The zero-order valence-corrected chi connectivity index (χ0v) is 12.5. The molecule has 2 rings (SSSR count). The van der Waals surface area contributed by atoms with E-state index in [0.717, 1.165) is 28.7 Å². The van der Waals surface area contributed by atoms with Crippen LogP contribution in [0, 0.1) is 11.3 Å². The molecule has 1 aromatic heterocycles. The predicted octanol–water partition coefficient (Wildman–Crippen LogP) is 4.70. The van der Waals surface area contributed by atoms with E-state index in [1.54, 1.807) is 11.3 Å². The van der Waals surface area contributed by atoms with Gasteiger partial charge in [0.2, 0.25) is 0 Å². The Kier molecular flexibility index (Phi) is 5.72. The number of hydrogen-bond acceptors (Lipinski definition) is 4. The van der Waals surface area contributed by atoms with Crippen LogP contribution in [0.15, 0.2) is 36.4 Å². The summed E-state index contributed by atoms with van der Waals surface area (Å²) in [5, 5.41) is 11.8. The van der Waals surface area contributed by atoms with Gasteiger partial charge in [-0.05, 0) is 30.7 Å². The molecule has 0 radical (unpaired) electrons. The standard InChI is InChI=1S/C15H15ClN2OS/c16-15-7-6-14(20-15)11-18-12-4-3-5-13(10-12)19-9-2-1-8-17/h3-7,10,18H,1-2,9,11H2. The number of unbranched alkanes of at least 4 members (excludes halogenated alkanes) is 1. The molecule has 1 aromatic carbocycles. The van der Waals surface area contributed by atoms with Crippen molar-refractivity contribution in [1.29, 1.82) is 5.26 Å². The van der Waals surface area contributed by atoms with Gasteiger partial charge >= 0.3 is 0 Å². The van der Waals surface area contributed by atoms with Gasteiger partial charge in [-0.2, -0.15) is 5.26 Å². The monoisotopic (exact) mass is 306 g/mol. The summed E-state index contributed by atoms with van der Waals surface area (Å²) in [6, 6.07) is 13.8. The minimum absolute atomic E-state index is 0.525. The zero-order chi connectivity index (χ0) is 14.2. The number of ether oxygens (including phenoxy) is 1. The Morgan fingerprint density at radius 1 is 1.30 bits per heavy atom. The first-order chi connectivity index (χ1) is 9.78. The SMILES string of the molecule is N#CCCCOc1cccc(NCc2ccc(Cl)s2)c1. The number of hydrogen-bond donors (Lipinski definition) is 1. The fraction of sp³-hybridized carbons (Fsp3) is 0.267. The predicted molar refractivity (Wildman–Crippen MR) is 83.4 cm³/mol. The summed E-state index contributed by atoms with van der Waals surface area (Å²) in [4.78, 5) is 1.19. The van der Waals surface area contributed by atoms with Gasteiger partial charge in [-0.25, -0.2) is 0 Å². The van der Waals surface area contributed by atoms with Crippen molar-refractivity contribution in [2.45, 2.75) is 19.4 Å². The molecule has 1 heterocycles. The molecule has 0 saturated carbocycles. The molecular formula is C15H15ClN2OS. The average Bonchev–Trinajstić information content (AvgIpc) is 2.88. The quantitative estimate of drug-likeness (QED) is 0.754. The Morgan fingerprint density at radius 2 is 2.20 bits per heavy atom. The smallest absolute Gasteiger partial charge is 0.121 e. The van der Waals surface area contributed by atoms with Crippen molar-refractivity contribution in [3.8, 4) is 11.8 Å². The van der Waals surface area contributed by atoms with Gasteiger partial charge in [0.15, 0.2) is 0 Å². The molecule has 0 atom stereocenters. The first kappa shape index (κ1) is 14.7. The highest BCUT2D eigenvalue weighted by molar-refractivity contribution is 7.16. The highest BCUT2D eigenvalue weighted by atomic mass is 35.5. The average molecular weight is 307 g/mol. The molecule has 0 fully saturated rings. The first-order valence-corrected chi connectivity index (χ1v) is 7.55. The van der Waals surface area contributed by atoms with Crippen LogP contribution in [0.2, 0.25) is 4.34 Å². The minimum atomic E-state index is 0.525. The van der Waals surface area contributed by atoms with Gasteiger partial charge in [0.1, 0.15) is 5.75 Å². The Hall–Kier alpha value is -1.70. The number of thiophene rings is 1. The van der Waals surface area contributed by atoms with Gasteiger partial charge in [-0.3, -0.25) is 0 Å². The number of anilines is 1. The van der Waals surface area contributed by atoms with E-state index in [1.807, 2.05) is 36.4 Å². The Labute approximate surface area is 127 Å². The van der Waals surface area contributed by atoms with E-state index in [4.69, 9.17) is 21.6 Å². The van der Waals surface area contributed by atoms with Crippen LogP contribution in [0.3, 0.4) is 0 Å². The summed E-state index contributed by atoms with van der Waals surface area (Å²) in [6.07, 6.45) is 1.28. The molecule has 0 saturated heterocycles. The van der Waals surface area contributed by atoms with E-state index in [0.29, 0.717) is 13.0 Å². The van der Waals surface area contributed by atoms with Crippen molar-refractivity contribution in [3.63, 3.8) is 0 Å². The van der Waals surface area contributed by atoms with E-state index >= 15 is 0 Å². The molecule has 0 bridgehead atoms. The second-order valence-electron chi connectivity index (χ2n) is 4.20. The van der Waals surface area contributed by atoms with Crippen LogP contribution in [0.1, 0.15) is 17.7 Å². The maximum absolute atomic E-state index is 8.46. The molecule has 0 unspecified atom stereocenters. The first-order valence-electron chi connectivity index (χ1n) is 6.36. The molecule has 3 nitrogen and oxygen atoms in total. The number of nitrogens with one attached hydrogen (secondary N) is 1. The molecule has 0 aliphatic carbocycles. The van der Waals surface area contributed by atoms with Crippen molar-refractivity contribution in [1.82, 2.24) is 0 Å². The zero-order valence-electron chi connectivity index (χ0n) is 10.9. The number of halogens is 1. The van der Waals surface area contributed by atoms with E-state index in [1.165, 1.54) is 4.88 Å². The van der Waals surface area contributed by atoms with E-state index in [-0.39, 0.29) is 0 Å². The Balaban J connectivity index is 1.84. The van der Waals surface area contributed by atoms with Crippen LogP contribution in [0.25, 0.3) is 0 Å². The lowest BCUT2D eigenvalue weighted by atomic mass is 10.3. The topological polar surface area (TPSA) is 45.0 Å². The van der Waals surface area contributed by atoms with Crippen molar-refractivity contribution < 1.29 is 4.74 Å². The molecule has 0 amide bonds. The van der Waals surface area contributed by atoms with Gasteiger partial charge in [-0.15, -0.1) is 11.3 Å². The number of nitriles is 1. The summed E-state index contributed by atoms with van der Waals surface area (Å²) in [5.41, 5.74) is 1.01. The maximum Gasteiger partial charge on any atom is 0.121 e. The molecule has 1 N–H and O–H groups in total. The third kappa shape index (κ3) is 4.76. The lowest BCUT2D eigenvalue weighted by Gasteiger charge is -2.08. The molecule has 0 spiro atoms. The largest absolute Gasteiger partial charge is 0.493 e. The van der Waals surface area contributed by atoms with Crippen LogP contribution in [-0.2, 0) is 6.54 Å². The summed E-state index contributed by atoms with van der Waals surface area (Å²) in [5.74, 6) is 0.817. The highest BCUT2D eigenvalue weighted by Gasteiger charge is 2.00. The fourth-order valence-corrected chi connectivity index (χ4v) is 2.70. The van der Waals surface area contributed by atoms with Gasteiger partial charge in [0, 0.05) is 29.6 Å². The lowest BCUT2D eigenvalue weighted by molar-refractivity contribution is 0.313. The van der Waals surface area contributed by atoms with Crippen molar-refractivity contribution >= 4 is 28.6 Å². The third-order valence-corrected chi connectivity index (χ3v) is 3.86. The van der Waals surface area contributed by atoms with Gasteiger partial charge in [0.25, 0.3) is 0 Å². The van der Waals surface area contributed by atoms with Crippen LogP contribution in [0.4, 0.5) is 5.69 Å². The second kappa shape index (κ2) is 7.78. The molecule has 2 aromatic rings. The van der Waals surface area contributed by atoms with Crippen LogP contribution < -0.4 is 10.1 Å². The van der Waals surface area contributed by atoms with Gasteiger partial charge in [0.05, 0.1) is 17.0 Å². The van der Waals surface area contributed by atoms with Crippen molar-refractivity contribution in [2.75, 3.05) is 11.9 Å². The normalized spacial score (nSPS) is 10.0. The fourth-order valence-electron chi connectivity index (χ4n) is 1.67. The number of rotatable bonds is 7. The van der Waals surface area contributed by atoms with E-state index < -0.39 is 0 Å². The highest BCUT2D eigenvalue weighted by Crippen LogP contribution is 2.23. The molecular weight excluding hydrogens is 292 g/mol. The molecule has 5 heteroatoms. The van der Waals surface area contributed by atoms with Crippen molar-refractivity contribution in [2.24, 2.45) is 0 Å². The Morgan fingerprint density at radius 3 is 2.95 bits per heavy atom. The van der Waals surface area contributed by atoms with Crippen LogP contribution in [0.5, 0.6) is 5.75 Å². The summed E-state index contributed by atoms with van der Waals surface area (Å²) >= 11 is 7.47. The number of nitrogens with zero attached hydrogens (tertiary/aromatic N) is 1. The number of benzene rings is 1. The molecule has 20 heavy (non-hydrogen) atoms. The maximum atomic E-state index is 8.46. The van der Waals surface area contributed by atoms with Crippen LogP contribution in [-0.4, -0.2) is 6.61 Å². The van der Waals surface area contributed by atoms with Crippen LogP contribution >= 0.6 is 22.9 Å². The minimum Gasteiger partial charge on any atom is -0.493 e. The van der Waals surface area contributed by atoms with Gasteiger partial charge < -0.3 is 10.1 Å². The van der Waals surface area contributed by atoms with E-state index in [2.05, 4.69) is 11.4 Å². The lowest BCUT2D eigenvalue weighted by Crippen LogP contribution is -1.99. The second-order valence-corrected chi connectivity index (χ2v) is 6.00. The van der Waals surface area contributed by atoms with Gasteiger partial charge in [-0.1, -0.05) is 17.7 Å². The Bertz CT molecular complexity index is 592. The molecule has 0 aliphatic rings. The molecule has 104 valence electrons. The van der Waals surface area contributed by atoms with Crippen molar-refractivity contribution in [3.05, 3.63) is 45.6 Å². The third-order valence-electron chi connectivity index (χ3n) is 2.63. The summed E-state index contributed by atoms with van der Waals surface area (Å²) < 4.78 is 6.40.